The van der Waals surface area contributed by atoms with Gasteiger partial charge in [-0.15, -0.1) is 0 Å². The summed E-state index contributed by atoms with van der Waals surface area (Å²) >= 11 is 0. The Bertz CT molecular complexity index is 1750. The molecule has 0 aromatic heterocycles. The molecule has 0 aliphatic rings. The lowest BCUT2D eigenvalue weighted by atomic mass is 9.81. The van der Waals surface area contributed by atoms with Crippen LogP contribution < -0.4 is 4.74 Å². The lowest BCUT2D eigenvalue weighted by molar-refractivity contribution is -0.162. The largest absolute Gasteiger partial charge is 0.497 e. The average Bonchev–Trinajstić information content (AvgIpc) is 3.32. The molecule has 11 atom stereocenters. The second-order valence-electron chi connectivity index (χ2n) is 24.3. The van der Waals surface area contributed by atoms with E-state index in [-0.39, 0.29) is 52.1 Å². The highest BCUT2D eigenvalue weighted by Gasteiger charge is 2.50. The van der Waals surface area contributed by atoms with E-state index < -0.39 is 75.7 Å². The van der Waals surface area contributed by atoms with Crippen LogP contribution in [0.25, 0.3) is 0 Å². The number of benzene rings is 1. The monoisotopic (exact) mass is 1080 g/mol. The Balaban J connectivity index is 3.86. The second kappa shape index (κ2) is 29.9. The number of esters is 1. The van der Waals surface area contributed by atoms with E-state index in [9.17, 15) is 14.7 Å². The summed E-state index contributed by atoms with van der Waals surface area (Å²) < 4.78 is 52.7. The minimum atomic E-state index is -2.50. The van der Waals surface area contributed by atoms with Crippen molar-refractivity contribution in [1.29, 1.82) is 0 Å². The fourth-order valence-corrected chi connectivity index (χ4v) is 18.2. The topological polar surface area (TPSA) is 128 Å². The number of hydrogen-bond donors (Lipinski definition) is 1. The van der Waals surface area contributed by atoms with Crippen molar-refractivity contribution in [1.82, 2.24) is 0 Å². The van der Waals surface area contributed by atoms with Crippen LogP contribution >= 0.6 is 0 Å². The molecule has 0 saturated heterocycles. The van der Waals surface area contributed by atoms with Gasteiger partial charge < -0.3 is 41.8 Å². The molecule has 0 heterocycles. The van der Waals surface area contributed by atoms with E-state index in [2.05, 4.69) is 143 Å². The third kappa shape index (κ3) is 18.9. The third-order valence-corrected chi connectivity index (χ3v) is 35.7. The Kier molecular flexibility index (Phi) is 28.4. The number of aliphatic hydroxyl groups excluding tert-OH is 1. The Hall–Kier alpha value is -1.51. The van der Waals surface area contributed by atoms with E-state index in [0.717, 1.165) is 53.2 Å². The maximum Gasteiger partial charge on any atom is 0.336 e. The SMILES string of the molecule is CC[Si](CC)(CC)O[C@H]([C@@H](C)[C@H](OC)[C@@H](O[Si](C)(C)C(C)(C)C)C(=O)OC)[C@H](C)[C@@H](O[Si](C)(C)C(C)(C)C)/C(C)=C/[C@H](C)C(=O)C[C@H](O)[C@@H](C)[C@H](O[Si](CC)(CC)CC)[C@@H](C)COCc1ccc(OC)cc1. The molecule has 0 aliphatic carbocycles. The molecule has 0 saturated carbocycles. The van der Waals surface area contributed by atoms with Crippen LogP contribution in [0.2, 0.25) is 72.5 Å². The van der Waals surface area contributed by atoms with E-state index >= 15 is 0 Å². The number of carbonyl (C=O) groups is 2. The summed E-state index contributed by atoms with van der Waals surface area (Å²) in [6.45, 7) is 48.8. The normalized spacial score (nSPS) is 18.3. The number of rotatable bonds is 34. The van der Waals surface area contributed by atoms with Gasteiger partial charge in [-0.1, -0.05) is 136 Å². The third-order valence-electron chi connectivity index (χ3n) is 17.5. The van der Waals surface area contributed by atoms with Gasteiger partial charge in [-0.25, -0.2) is 4.79 Å². The fourth-order valence-electron chi connectivity index (χ4n) is 9.51. The van der Waals surface area contributed by atoms with E-state index in [1.54, 1.807) is 14.2 Å². The van der Waals surface area contributed by atoms with Crippen LogP contribution in [0.4, 0.5) is 0 Å². The van der Waals surface area contributed by atoms with Crippen molar-refractivity contribution in [2.75, 3.05) is 27.9 Å². The van der Waals surface area contributed by atoms with E-state index in [4.69, 9.17) is 36.7 Å². The average molecular weight is 1080 g/mol. The minimum Gasteiger partial charge on any atom is -0.497 e. The molecule has 1 rings (SSSR count). The zero-order valence-corrected chi connectivity index (χ0v) is 54.6. The van der Waals surface area contributed by atoms with Gasteiger partial charge in [0, 0.05) is 43.1 Å². The first-order valence-corrected chi connectivity index (χ1v) is 38.5. The van der Waals surface area contributed by atoms with Gasteiger partial charge in [0.15, 0.2) is 39.4 Å². The van der Waals surface area contributed by atoms with Crippen LogP contribution in [-0.2, 0) is 48.1 Å². The van der Waals surface area contributed by atoms with Gasteiger partial charge in [-0.2, -0.15) is 0 Å². The molecule has 0 fully saturated rings. The highest BCUT2D eigenvalue weighted by atomic mass is 28.4. The molecule has 0 amide bonds. The molecule has 72 heavy (non-hydrogen) atoms. The zero-order chi connectivity index (χ0) is 55.8. The van der Waals surface area contributed by atoms with Crippen molar-refractivity contribution in [3.05, 3.63) is 41.5 Å². The van der Waals surface area contributed by atoms with Gasteiger partial charge >= 0.3 is 5.97 Å². The highest BCUT2D eigenvalue weighted by molar-refractivity contribution is 6.75. The van der Waals surface area contributed by atoms with Crippen LogP contribution in [-0.4, -0.2) is 115 Å². The minimum absolute atomic E-state index is 0.00725. The fraction of sp³-hybridized carbons (Fsp3) is 0.825. The van der Waals surface area contributed by atoms with E-state index in [1.807, 2.05) is 38.1 Å². The van der Waals surface area contributed by atoms with Gasteiger partial charge in [0.25, 0.3) is 0 Å². The van der Waals surface area contributed by atoms with Crippen molar-refractivity contribution in [3.8, 4) is 5.75 Å². The van der Waals surface area contributed by atoms with Crippen molar-refractivity contribution < 1.29 is 51.3 Å². The number of Topliss-reactive ketones (excluding diaryl/α,β-unsaturated/α-hetero) is 1. The summed E-state index contributed by atoms with van der Waals surface area (Å²) in [7, 11) is -4.66. The van der Waals surface area contributed by atoms with E-state index in [1.165, 1.54) is 7.11 Å². The van der Waals surface area contributed by atoms with Gasteiger partial charge in [-0.05, 0) is 103 Å². The molecule has 0 radical (unpaired) electrons. The van der Waals surface area contributed by atoms with Crippen molar-refractivity contribution >= 4 is 45.0 Å². The quantitative estimate of drug-likeness (QED) is 0.0402. The summed E-state index contributed by atoms with van der Waals surface area (Å²) in [6, 6.07) is 13.6. The van der Waals surface area contributed by atoms with Gasteiger partial charge in [-0.3, -0.25) is 4.79 Å². The summed E-state index contributed by atoms with van der Waals surface area (Å²) in [4.78, 5) is 28.3. The molecule has 1 aromatic rings. The number of methoxy groups -OCH3 is 3. The smallest absolute Gasteiger partial charge is 0.336 e. The maximum atomic E-state index is 14.5. The van der Waals surface area contributed by atoms with Crippen molar-refractivity contribution in [2.45, 2.75) is 247 Å². The first kappa shape index (κ1) is 68.5. The first-order valence-electron chi connectivity index (χ1n) is 27.6. The molecule has 0 aliphatic heterocycles. The Labute approximate surface area is 445 Å². The molecular weight excluding hydrogens is 973 g/mol. The van der Waals surface area contributed by atoms with Crippen LogP contribution in [0.3, 0.4) is 0 Å². The standard InChI is InChI=1S/C57H110O11Si4/c1-26-71(27-2,28-3)67-51(42(9)38-64-39-46-32-34-47(61-19)35-33-46)43(10)49(59)37-48(58)40(7)36-41(8)50(65-69(22,23)56(13,14)15)44(11)52(68-72(29-4,30-5)31-6)45(12)53(62-20)54(55(60)63-21)66-70(24,25)57(16,17)18/h32-36,40,42-45,49-54,59H,26-31,37-39H2,1-25H3/b41-36+/t40-,42-,43+,44+,45+,49-,50-,51+,52-,53-,54+/m0/s1. The number of ketones is 1. The summed E-state index contributed by atoms with van der Waals surface area (Å²) in [5.74, 6) is -1.12. The molecule has 0 bridgehead atoms. The summed E-state index contributed by atoms with van der Waals surface area (Å²) in [6.07, 6.45) is -1.67. The van der Waals surface area contributed by atoms with Crippen LogP contribution in [0, 0.1) is 29.6 Å². The number of carbonyl (C=O) groups excluding carboxylic acids is 2. The molecule has 0 unspecified atom stereocenters. The van der Waals surface area contributed by atoms with Crippen LogP contribution in [0.5, 0.6) is 5.75 Å². The molecular formula is C57H110O11Si4. The molecule has 1 N–H and O–H groups in total. The molecule has 15 heteroatoms. The van der Waals surface area contributed by atoms with Gasteiger partial charge in [0.2, 0.25) is 0 Å². The van der Waals surface area contributed by atoms with Gasteiger partial charge in [0.05, 0.1) is 58.0 Å². The Morgan fingerprint density at radius 2 is 1.07 bits per heavy atom. The number of hydrogen-bond acceptors (Lipinski definition) is 11. The van der Waals surface area contributed by atoms with Gasteiger partial charge in [0.1, 0.15) is 11.5 Å². The summed E-state index contributed by atoms with van der Waals surface area (Å²) in [5, 5.41) is 11.8. The highest BCUT2D eigenvalue weighted by Crippen LogP contribution is 2.44. The van der Waals surface area contributed by atoms with Crippen molar-refractivity contribution in [3.63, 3.8) is 0 Å². The molecule has 0 spiro atoms. The van der Waals surface area contributed by atoms with Crippen molar-refractivity contribution in [2.24, 2.45) is 29.6 Å². The molecule has 420 valence electrons. The number of allylic oxidation sites excluding steroid dienone is 1. The van der Waals surface area contributed by atoms with E-state index in [0.29, 0.717) is 13.2 Å². The first-order chi connectivity index (χ1) is 33.2. The molecule has 11 nitrogen and oxygen atoms in total. The number of aliphatic hydroxyl groups is 1. The number of ether oxygens (including phenoxy) is 4. The predicted molar refractivity (Wildman–Crippen MR) is 309 cm³/mol. The lowest BCUT2D eigenvalue weighted by Crippen LogP contribution is -2.57. The Morgan fingerprint density at radius 1 is 0.625 bits per heavy atom. The summed E-state index contributed by atoms with van der Waals surface area (Å²) in [5.41, 5.74) is 1.99. The Morgan fingerprint density at radius 3 is 1.47 bits per heavy atom. The maximum absolute atomic E-state index is 14.5. The zero-order valence-electron chi connectivity index (χ0n) is 50.6. The molecule has 1 aromatic carbocycles. The van der Waals surface area contributed by atoms with Crippen LogP contribution in [0.15, 0.2) is 35.9 Å². The second-order valence-corrected chi connectivity index (χ2v) is 43.3. The predicted octanol–water partition coefficient (Wildman–Crippen LogP) is 14.4. The van der Waals surface area contributed by atoms with Crippen LogP contribution in [0.1, 0.15) is 137 Å². The lowest BCUT2D eigenvalue weighted by Gasteiger charge is -2.47.